The van der Waals surface area contributed by atoms with Gasteiger partial charge in [0.05, 0.1) is 0 Å². The van der Waals surface area contributed by atoms with Crippen molar-refractivity contribution in [2.45, 2.75) is 31.5 Å². The molecule has 0 fully saturated rings. The molecule has 0 bridgehead atoms. The zero-order valence-electron chi connectivity index (χ0n) is 12.5. The van der Waals surface area contributed by atoms with Crippen molar-refractivity contribution in [1.82, 2.24) is 4.90 Å². The molecule has 110 valence electrons. The molecule has 0 saturated heterocycles. The van der Waals surface area contributed by atoms with Crippen molar-refractivity contribution in [3.05, 3.63) is 70.2 Å². The van der Waals surface area contributed by atoms with Crippen LogP contribution >= 0.6 is 11.6 Å². The number of hydrogen-bond acceptors (Lipinski definition) is 2. The van der Waals surface area contributed by atoms with Crippen LogP contribution in [0.5, 0.6) is 0 Å². The fourth-order valence-corrected chi connectivity index (χ4v) is 3.40. The zero-order valence-corrected chi connectivity index (χ0v) is 13.2. The Hall–Kier alpha value is -1.35. The maximum atomic E-state index is 6.29. The van der Waals surface area contributed by atoms with Gasteiger partial charge in [-0.05, 0) is 49.2 Å². The van der Waals surface area contributed by atoms with Gasteiger partial charge >= 0.3 is 0 Å². The normalized spacial score (nSPS) is 22.3. The minimum Gasteiger partial charge on any atom is -0.324 e. The number of halogens is 1. The first-order valence-corrected chi connectivity index (χ1v) is 7.77. The molecule has 3 atom stereocenters. The summed E-state index contributed by atoms with van der Waals surface area (Å²) in [5.41, 5.74) is 10.2. The molecule has 0 saturated carbocycles. The number of fused-ring (bicyclic) bond motifs is 1. The van der Waals surface area contributed by atoms with Gasteiger partial charge in [0.25, 0.3) is 0 Å². The molecule has 3 unspecified atom stereocenters. The van der Waals surface area contributed by atoms with E-state index >= 15 is 0 Å². The summed E-state index contributed by atoms with van der Waals surface area (Å²) in [7, 11) is 2.18. The number of nitrogens with zero attached hydrogens (tertiary/aromatic N) is 1. The summed E-state index contributed by atoms with van der Waals surface area (Å²) in [5, 5.41) is 0.779. The monoisotopic (exact) mass is 300 g/mol. The third-order valence-electron chi connectivity index (χ3n) is 4.69. The second kappa shape index (κ2) is 5.80. The molecule has 2 aromatic rings. The fraction of sp³-hybridized carbons (Fsp3) is 0.333. The first-order chi connectivity index (χ1) is 10.1. The van der Waals surface area contributed by atoms with Crippen LogP contribution in [0.4, 0.5) is 0 Å². The average molecular weight is 301 g/mol. The van der Waals surface area contributed by atoms with E-state index in [4.69, 9.17) is 17.3 Å². The number of benzene rings is 2. The van der Waals surface area contributed by atoms with Gasteiger partial charge in [-0.15, -0.1) is 0 Å². The predicted molar refractivity (Wildman–Crippen MR) is 88.4 cm³/mol. The van der Waals surface area contributed by atoms with E-state index in [1.54, 1.807) is 0 Å². The van der Waals surface area contributed by atoms with E-state index in [1.165, 1.54) is 16.7 Å². The average Bonchev–Trinajstić information content (AvgIpc) is 2.84. The Labute approximate surface area is 131 Å². The van der Waals surface area contributed by atoms with Crippen LogP contribution < -0.4 is 5.73 Å². The summed E-state index contributed by atoms with van der Waals surface area (Å²) in [4.78, 5) is 2.41. The highest BCUT2D eigenvalue weighted by Crippen LogP contribution is 2.43. The van der Waals surface area contributed by atoms with Crippen LogP contribution in [0, 0.1) is 0 Å². The summed E-state index contributed by atoms with van der Waals surface area (Å²) in [5.74, 6) is 0. The second-order valence-electron chi connectivity index (χ2n) is 5.88. The highest BCUT2D eigenvalue weighted by atomic mass is 35.5. The number of nitrogens with two attached hydrogens (primary N) is 1. The third kappa shape index (κ3) is 2.71. The van der Waals surface area contributed by atoms with E-state index in [9.17, 15) is 0 Å². The summed E-state index contributed by atoms with van der Waals surface area (Å²) in [6.45, 7) is 2.23. The molecule has 0 spiro atoms. The summed E-state index contributed by atoms with van der Waals surface area (Å²) >= 11 is 5.98. The summed E-state index contributed by atoms with van der Waals surface area (Å²) in [6.07, 6.45) is 0.980. The van der Waals surface area contributed by atoms with Crippen LogP contribution in [-0.2, 0) is 0 Å². The molecule has 3 heteroatoms. The van der Waals surface area contributed by atoms with E-state index in [0.29, 0.717) is 12.1 Å². The van der Waals surface area contributed by atoms with Gasteiger partial charge in [-0.2, -0.15) is 0 Å². The molecule has 0 aromatic heterocycles. The Bertz CT molecular complexity index is 623. The largest absolute Gasteiger partial charge is 0.324 e. The van der Waals surface area contributed by atoms with Crippen molar-refractivity contribution in [2.75, 3.05) is 7.05 Å². The number of hydrogen-bond donors (Lipinski definition) is 1. The molecular weight excluding hydrogens is 280 g/mol. The minimum atomic E-state index is 0.145. The lowest BCUT2D eigenvalue weighted by molar-refractivity contribution is 0.181. The topological polar surface area (TPSA) is 29.3 Å². The fourth-order valence-electron chi connectivity index (χ4n) is 3.28. The van der Waals surface area contributed by atoms with Gasteiger partial charge in [-0.3, -0.25) is 4.90 Å². The van der Waals surface area contributed by atoms with Crippen LogP contribution in [0.25, 0.3) is 0 Å². The van der Waals surface area contributed by atoms with Gasteiger partial charge in [-0.1, -0.05) is 48.0 Å². The Kier molecular flexibility index (Phi) is 4.03. The maximum Gasteiger partial charge on any atom is 0.0406 e. The Balaban J connectivity index is 1.86. The molecule has 2 N–H and O–H groups in total. The van der Waals surface area contributed by atoms with E-state index < -0.39 is 0 Å². The lowest BCUT2D eigenvalue weighted by atomic mass is 10.0. The van der Waals surface area contributed by atoms with Crippen LogP contribution in [0.2, 0.25) is 5.02 Å². The van der Waals surface area contributed by atoms with Crippen molar-refractivity contribution >= 4 is 11.6 Å². The molecule has 1 aliphatic rings. The van der Waals surface area contributed by atoms with Crippen LogP contribution in [-0.4, -0.2) is 11.9 Å². The highest BCUT2D eigenvalue weighted by Gasteiger charge is 2.32. The van der Waals surface area contributed by atoms with E-state index in [-0.39, 0.29) is 6.04 Å². The smallest absolute Gasteiger partial charge is 0.0406 e. The molecule has 0 amide bonds. The van der Waals surface area contributed by atoms with Crippen LogP contribution in [0.3, 0.4) is 0 Å². The van der Waals surface area contributed by atoms with Gasteiger partial charge in [0.2, 0.25) is 0 Å². The maximum absolute atomic E-state index is 6.29. The molecule has 0 aliphatic heterocycles. The quantitative estimate of drug-likeness (QED) is 0.905. The van der Waals surface area contributed by atoms with Crippen molar-refractivity contribution in [3.8, 4) is 0 Å². The van der Waals surface area contributed by atoms with Gasteiger partial charge in [0.15, 0.2) is 0 Å². The van der Waals surface area contributed by atoms with Gasteiger partial charge in [0, 0.05) is 23.1 Å². The SMILES string of the molecule is CC(c1ccc(Cl)cc1)N(C)C1CC(N)c2ccccc21. The predicted octanol–water partition coefficient (Wildman–Crippen LogP) is 4.48. The van der Waals surface area contributed by atoms with Crippen molar-refractivity contribution in [2.24, 2.45) is 5.73 Å². The molecule has 0 radical (unpaired) electrons. The van der Waals surface area contributed by atoms with Gasteiger partial charge in [-0.25, -0.2) is 0 Å². The van der Waals surface area contributed by atoms with Crippen LogP contribution in [0.1, 0.15) is 48.2 Å². The Morgan fingerprint density at radius 1 is 1.10 bits per heavy atom. The highest BCUT2D eigenvalue weighted by molar-refractivity contribution is 6.30. The molecule has 2 aromatic carbocycles. The molecule has 21 heavy (non-hydrogen) atoms. The van der Waals surface area contributed by atoms with Crippen molar-refractivity contribution < 1.29 is 0 Å². The van der Waals surface area contributed by atoms with Crippen molar-refractivity contribution in [1.29, 1.82) is 0 Å². The standard InChI is InChI=1S/C18H21ClN2/c1-12(13-7-9-14(19)10-8-13)21(2)18-11-17(20)15-5-3-4-6-16(15)18/h3-10,12,17-18H,11,20H2,1-2H3. The van der Waals surface area contributed by atoms with Crippen LogP contribution in [0.15, 0.2) is 48.5 Å². The van der Waals surface area contributed by atoms with E-state index in [2.05, 4.69) is 55.3 Å². The Morgan fingerprint density at radius 2 is 1.71 bits per heavy atom. The lowest BCUT2D eigenvalue weighted by Crippen LogP contribution is -2.26. The first kappa shape index (κ1) is 14.6. The first-order valence-electron chi connectivity index (χ1n) is 7.39. The van der Waals surface area contributed by atoms with Crippen molar-refractivity contribution in [3.63, 3.8) is 0 Å². The van der Waals surface area contributed by atoms with E-state index in [0.717, 1.165) is 11.4 Å². The minimum absolute atomic E-state index is 0.145. The molecule has 2 nitrogen and oxygen atoms in total. The molecule has 0 heterocycles. The summed E-state index contributed by atoms with van der Waals surface area (Å²) in [6, 6.07) is 17.5. The molecular formula is C18H21ClN2. The molecule has 3 rings (SSSR count). The lowest BCUT2D eigenvalue weighted by Gasteiger charge is -2.31. The summed E-state index contributed by atoms with van der Waals surface area (Å²) < 4.78 is 0. The van der Waals surface area contributed by atoms with E-state index in [1.807, 2.05) is 12.1 Å². The molecule has 1 aliphatic carbocycles. The van der Waals surface area contributed by atoms with Gasteiger partial charge in [0.1, 0.15) is 0 Å². The zero-order chi connectivity index (χ0) is 15.0. The second-order valence-corrected chi connectivity index (χ2v) is 6.32. The number of rotatable bonds is 3. The third-order valence-corrected chi connectivity index (χ3v) is 4.94. The Morgan fingerprint density at radius 3 is 2.38 bits per heavy atom. The van der Waals surface area contributed by atoms with Gasteiger partial charge < -0.3 is 5.73 Å².